The van der Waals surface area contributed by atoms with Gasteiger partial charge in [0.2, 0.25) is 5.91 Å². The monoisotopic (exact) mass is 435 g/mol. The molecule has 0 fully saturated rings. The number of allylic oxidation sites excluding steroid dienone is 1. The molecule has 170 valence electrons. The number of nitrogens with one attached hydrogen (secondary N) is 1. The van der Waals surface area contributed by atoms with E-state index in [1.54, 1.807) is 12.1 Å². The largest absolute Gasteiger partial charge is 0.481 e. The van der Waals surface area contributed by atoms with Gasteiger partial charge in [0.05, 0.1) is 12.5 Å². The number of ether oxygens (including phenoxy) is 1. The van der Waals surface area contributed by atoms with Crippen LogP contribution in [0.4, 0.5) is 0 Å². The van der Waals surface area contributed by atoms with Crippen LogP contribution in [0.25, 0.3) is 0 Å². The fourth-order valence-electron chi connectivity index (χ4n) is 2.74. The maximum Gasteiger partial charge on any atom is 0.356 e. The third kappa shape index (κ3) is 10.8. The number of benzene rings is 1. The topological polar surface area (TPSA) is 150 Å². The van der Waals surface area contributed by atoms with Crippen molar-refractivity contribution in [3.63, 3.8) is 0 Å². The number of carbonyl (C=O) groups is 4. The van der Waals surface area contributed by atoms with E-state index in [2.05, 4.69) is 12.2 Å². The number of amides is 1. The predicted molar refractivity (Wildman–Crippen MR) is 112 cm³/mol. The standard InChI is InChI=1S/C22H29NO8/c1-2-3-4-5-6-7-16(23-18(24)12-13-19(25)26)14-15-8-10-17(11-9-15)31-20(21(27)28)22(29)30/h6-11,16,20H,2-5,12-14H2,1H3,(H,23,24)(H,25,26)(H,27,28)(H,29,30)/t16-/m1/s1. The molecule has 1 aromatic rings. The summed E-state index contributed by atoms with van der Waals surface area (Å²) in [4.78, 5) is 44.6. The molecule has 1 atom stereocenters. The van der Waals surface area contributed by atoms with Crippen molar-refractivity contribution >= 4 is 23.8 Å². The molecule has 1 aromatic carbocycles. The van der Waals surface area contributed by atoms with Crippen LogP contribution in [0.3, 0.4) is 0 Å². The van der Waals surface area contributed by atoms with Gasteiger partial charge in [-0.3, -0.25) is 9.59 Å². The molecule has 0 aliphatic carbocycles. The van der Waals surface area contributed by atoms with Gasteiger partial charge in [-0.2, -0.15) is 0 Å². The van der Waals surface area contributed by atoms with Crippen LogP contribution in [0, 0.1) is 0 Å². The van der Waals surface area contributed by atoms with Crippen LogP contribution in [0.15, 0.2) is 36.4 Å². The zero-order valence-corrected chi connectivity index (χ0v) is 17.5. The molecule has 0 saturated heterocycles. The molecular weight excluding hydrogens is 406 g/mol. The highest BCUT2D eigenvalue weighted by molar-refractivity contribution is 5.96. The van der Waals surface area contributed by atoms with Gasteiger partial charge in [0.1, 0.15) is 5.75 Å². The van der Waals surface area contributed by atoms with Gasteiger partial charge in [0.15, 0.2) is 0 Å². The lowest BCUT2D eigenvalue weighted by atomic mass is 10.0. The number of carbonyl (C=O) groups excluding carboxylic acids is 1. The van der Waals surface area contributed by atoms with Gasteiger partial charge in [-0.1, -0.05) is 44.1 Å². The second-order valence-electron chi connectivity index (χ2n) is 7.01. The highest BCUT2D eigenvalue weighted by Gasteiger charge is 2.27. The predicted octanol–water partition coefficient (Wildman–Crippen LogP) is 2.63. The van der Waals surface area contributed by atoms with Gasteiger partial charge < -0.3 is 25.4 Å². The van der Waals surface area contributed by atoms with E-state index in [0.717, 1.165) is 31.2 Å². The molecule has 0 unspecified atom stereocenters. The molecule has 0 saturated carbocycles. The normalized spacial score (nSPS) is 11.9. The summed E-state index contributed by atoms with van der Waals surface area (Å²) in [5, 5.41) is 29.3. The highest BCUT2D eigenvalue weighted by atomic mass is 16.5. The minimum absolute atomic E-state index is 0.0932. The Balaban J connectivity index is 2.79. The lowest BCUT2D eigenvalue weighted by Gasteiger charge is -2.16. The number of aliphatic carboxylic acids is 3. The summed E-state index contributed by atoms with van der Waals surface area (Å²) < 4.78 is 4.98. The quantitative estimate of drug-likeness (QED) is 0.186. The summed E-state index contributed by atoms with van der Waals surface area (Å²) in [5.41, 5.74) is 0.802. The zero-order valence-electron chi connectivity index (χ0n) is 17.5. The van der Waals surface area contributed by atoms with E-state index in [9.17, 15) is 19.2 Å². The van der Waals surface area contributed by atoms with Crippen LogP contribution < -0.4 is 10.1 Å². The molecule has 0 bridgehead atoms. The zero-order chi connectivity index (χ0) is 23.2. The maximum absolute atomic E-state index is 12.0. The van der Waals surface area contributed by atoms with E-state index >= 15 is 0 Å². The highest BCUT2D eigenvalue weighted by Crippen LogP contribution is 2.16. The van der Waals surface area contributed by atoms with E-state index in [1.807, 2.05) is 12.2 Å². The van der Waals surface area contributed by atoms with Crippen molar-refractivity contribution in [3.05, 3.63) is 42.0 Å². The molecule has 1 amide bonds. The molecule has 0 heterocycles. The maximum atomic E-state index is 12.0. The van der Waals surface area contributed by atoms with Crippen molar-refractivity contribution in [1.29, 1.82) is 0 Å². The van der Waals surface area contributed by atoms with Crippen LogP contribution in [0.1, 0.15) is 51.0 Å². The SMILES string of the molecule is CCCCCC=C[C@H](Cc1ccc(OC(C(=O)O)C(=O)O)cc1)NC(=O)CCC(=O)O. The van der Waals surface area contributed by atoms with Gasteiger partial charge in [-0.05, 0) is 37.0 Å². The van der Waals surface area contributed by atoms with E-state index in [4.69, 9.17) is 20.1 Å². The van der Waals surface area contributed by atoms with Crippen molar-refractivity contribution in [3.8, 4) is 5.75 Å². The smallest absolute Gasteiger partial charge is 0.356 e. The Morgan fingerprint density at radius 1 is 1.00 bits per heavy atom. The van der Waals surface area contributed by atoms with Crippen molar-refractivity contribution in [2.45, 2.75) is 64.0 Å². The van der Waals surface area contributed by atoms with Crippen LogP contribution in [-0.2, 0) is 25.6 Å². The summed E-state index contributed by atoms with van der Waals surface area (Å²) in [6, 6.07) is 5.88. The van der Waals surface area contributed by atoms with Crippen LogP contribution in [0.5, 0.6) is 5.75 Å². The van der Waals surface area contributed by atoms with Gasteiger partial charge >= 0.3 is 17.9 Å². The molecule has 0 aromatic heterocycles. The molecule has 4 N–H and O–H groups in total. The van der Waals surface area contributed by atoms with E-state index < -0.39 is 24.0 Å². The summed E-state index contributed by atoms with van der Waals surface area (Å²) in [6.07, 6.45) is 6.03. The molecule has 9 heteroatoms. The summed E-state index contributed by atoms with van der Waals surface area (Å²) >= 11 is 0. The number of carboxylic acid groups (broad SMARTS) is 3. The lowest BCUT2D eigenvalue weighted by molar-refractivity contribution is -0.159. The minimum Gasteiger partial charge on any atom is -0.481 e. The average Bonchev–Trinajstić information content (AvgIpc) is 2.70. The van der Waals surface area contributed by atoms with Gasteiger partial charge in [-0.25, -0.2) is 9.59 Å². The number of unbranched alkanes of at least 4 members (excludes halogenated alkanes) is 3. The number of rotatable bonds is 15. The summed E-state index contributed by atoms with van der Waals surface area (Å²) in [6.45, 7) is 2.11. The molecule has 0 spiro atoms. The third-order valence-corrected chi connectivity index (χ3v) is 4.34. The Hall–Kier alpha value is -3.36. The first-order valence-corrected chi connectivity index (χ1v) is 10.1. The summed E-state index contributed by atoms with van der Waals surface area (Å²) in [7, 11) is 0. The minimum atomic E-state index is -2.00. The molecule has 31 heavy (non-hydrogen) atoms. The van der Waals surface area contributed by atoms with Gasteiger partial charge in [-0.15, -0.1) is 0 Å². The number of hydrogen-bond donors (Lipinski definition) is 4. The summed E-state index contributed by atoms with van der Waals surface area (Å²) in [5.74, 6) is -4.52. The van der Waals surface area contributed by atoms with Crippen LogP contribution in [0.2, 0.25) is 0 Å². The van der Waals surface area contributed by atoms with Gasteiger partial charge in [0, 0.05) is 6.42 Å². The van der Waals surface area contributed by atoms with Crippen molar-refractivity contribution in [1.82, 2.24) is 5.32 Å². The number of carboxylic acids is 3. The fourth-order valence-corrected chi connectivity index (χ4v) is 2.74. The Kier molecular flexibility index (Phi) is 11.4. The molecule has 0 aliphatic heterocycles. The van der Waals surface area contributed by atoms with Crippen LogP contribution >= 0.6 is 0 Å². The Bertz CT molecular complexity index is 758. The Morgan fingerprint density at radius 2 is 1.65 bits per heavy atom. The molecule has 9 nitrogen and oxygen atoms in total. The first-order chi connectivity index (χ1) is 14.7. The van der Waals surface area contributed by atoms with Crippen molar-refractivity contribution < 1.29 is 39.2 Å². The Labute approximate surface area is 180 Å². The van der Waals surface area contributed by atoms with E-state index in [1.165, 1.54) is 12.1 Å². The van der Waals surface area contributed by atoms with E-state index in [0.29, 0.717) is 6.42 Å². The number of hydrogen-bond acceptors (Lipinski definition) is 5. The first kappa shape index (κ1) is 25.7. The lowest BCUT2D eigenvalue weighted by Crippen LogP contribution is -2.35. The molecular formula is C22H29NO8. The van der Waals surface area contributed by atoms with Crippen LogP contribution in [-0.4, -0.2) is 51.3 Å². The third-order valence-electron chi connectivity index (χ3n) is 4.34. The molecule has 0 radical (unpaired) electrons. The fraction of sp³-hybridized carbons (Fsp3) is 0.455. The Morgan fingerprint density at radius 3 is 2.19 bits per heavy atom. The van der Waals surface area contributed by atoms with Crippen molar-refractivity contribution in [2.75, 3.05) is 0 Å². The van der Waals surface area contributed by atoms with Gasteiger partial charge in [0.25, 0.3) is 6.10 Å². The van der Waals surface area contributed by atoms with E-state index in [-0.39, 0.29) is 30.5 Å². The first-order valence-electron chi connectivity index (χ1n) is 10.1. The average molecular weight is 435 g/mol. The molecule has 0 aliphatic rings. The molecule has 1 rings (SSSR count). The second-order valence-corrected chi connectivity index (χ2v) is 7.01. The van der Waals surface area contributed by atoms with Crippen molar-refractivity contribution in [2.24, 2.45) is 0 Å². The second kappa shape index (κ2) is 13.8.